The highest BCUT2D eigenvalue weighted by Gasteiger charge is 2.40. The zero-order chi connectivity index (χ0) is 25.7. The summed E-state index contributed by atoms with van der Waals surface area (Å²) in [4.78, 5) is 3.88. The minimum atomic E-state index is -1.69. The van der Waals surface area contributed by atoms with Gasteiger partial charge in [0.1, 0.15) is 41.8 Å². The van der Waals surface area contributed by atoms with Crippen LogP contribution in [-0.4, -0.2) is 39.4 Å². The summed E-state index contributed by atoms with van der Waals surface area (Å²) < 4.78 is 55.0. The number of hydrogen-bond donors (Lipinski definition) is 1. The van der Waals surface area contributed by atoms with E-state index in [1.807, 2.05) is 0 Å². The molecule has 1 aromatic heterocycles. The summed E-state index contributed by atoms with van der Waals surface area (Å²) in [5, 5.41) is 24.5. The van der Waals surface area contributed by atoms with Crippen molar-refractivity contribution in [1.29, 1.82) is 5.26 Å². The second-order valence-electron chi connectivity index (χ2n) is 8.89. The summed E-state index contributed by atoms with van der Waals surface area (Å²) >= 11 is 0. The Labute approximate surface area is 206 Å². The van der Waals surface area contributed by atoms with Crippen LogP contribution in [0.5, 0.6) is 0 Å². The summed E-state index contributed by atoms with van der Waals surface area (Å²) in [6, 6.07) is 9.16. The number of halogens is 3. The summed E-state index contributed by atoms with van der Waals surface area (Å²) in [6.07, 6.45) is 5.82. The van der Waals surface area contributed by atoms with Gasteiger partial charge in [0, 0.05) is 17.5 Å². The SMILES string of the molecule is CC(CC1COC(C=Cc2ccc(C#N)c(F)c2)OC1)C(O)(Cn1cncn1)c1ccc(F)cc1F. The Morgan fingerprint density at radius 3 is 2.61 bits per heavy atom. The molecular weight excluding hydrogens is 473 g/mol. The van der Waals surface area contributed by atoms with Crippen molar-refractivity contribution in [3.05, 3.63) is 89.3 Å². The van der Waals surface area contributed by atoms with Crippen molar-refractivity contribution < 1.29 is 27.8 Å². The van der Waals surface area contributed by atoms with E-state index in [0.717, 1.165) is 12.1 Å². The quantitative estimate of drug-likeness (QED) is 0.501. The third kappa shape index (κ3) is 5.82. The predicted molar refractivity (Wildman–Crippen MR) is 123 cm³/mol. The van der Waals surface area contributed by atoms with Crippen LogP contribution in [0.25, 0.3) is 6.08 Å². The molecule has 2 heterocycles. The van der Waals surface area contributed by atoms with Crippen LogP contribution in [-0.2, 0) is 21.6 Å². The zero-order valence-corrected chi connectivity index (χ0v) is 19.5. The third-order valence-corrected chi connectivity index (χ3v) is 6.32. The Balaban J connectivity index is 1.41. The highest BCUT2D eigenvalue weighted by Crippen LogP contribution is 2.37. The molecular formula is C26H25F3N4O3. The number of nitrogens with zero attached hydrogens (tertiary/aromatic N) is 4. The van der Waals surface area contributed by atoms with E-state index in [1.165, 1.54) is 35.5 Å². The van der Waals surface area contributed by atoms with E-state index in [-0.39, 0.29) is 23.6 Å². The van der Waals surface area contributed by atoms with Gasteiger partial charge in [-0.3, -0.25) is 0 Å². The molecule has 1 fully saturated rings. The van der Waals surface area contributed by atoms with Gasteiger partial charge in [-0.05, 0) is 42.2 Å². The van der Waals surface area contributed by atoms with E-state index in [0.29, 0.717) is 25.2 Å². The van der Waals surface area contributed by atoms with E-state index < -0.39 is 35.3 Å². The van der Waals surface area contributed by atoms with Crippen molar-refractivity contribution >= 4 is 6.08 Å². The van der Waals surface area contributed by atoms with Crippen LogP contribution >= 0.6 is 0 Å². The fraction of sp³-hybridized carbons (Fsp3) is 0.346. The normalized spacial score (nSPS) is 20.7. The topological polar surface area (TPSA) is 93.2 Å². The average molecular weight is 499 g/mol. The standard InChI is InChI=1S/C26H25F3N4O3/c1-17(26(34,14-33-16-31-15-32-33)22-6-5-21(27)10-24(22)29)8-19-12-35-25(36-13-19)7-3-18-2-4-20(11-30)23(28)9-18/h2-7,9-10,15-17,19,25,34H,8,12-14H2,1H3. The van der Waals surface area contributed by atoms with E-state index in [4.69, 9.17) is 14.7 Å². The van der Waals surface area contributed by atoms with Crippen molar-refractivity contribution in [1.82, 2.24) is 14.8 Å². The lowest BCUT2D eigenvalue weighted by Gasteiger charge is -2.38. The predicted octanol–water partition coefficient (Wildman–Crippen LogP) is 4.18. The van der Waals surface area contributed by atoms with Crippen molar-refractivity contribution in [3.8, 4) is 6.07 Å². The van der Waals surface area contributed by atoms with E-state index >= 15 is 0 Å². The largest absolute Gasteiger partial charge is 0.383 e. The first-order valence-electron chi connectivity index (χ1n) is 11.4. The van der Waals surface area contributed by atoms with Gasteiger partial charge in [0.15, 0.2) is 6.29 Å². The number of aromatic nitrogens is 3. The van der Waals surface area contributed by atoms with Crippen LogP contribution in [0.2, 0.25) is 0 Å². The summed E-state index contributed by atoms with van der Waals surface area (Å²) in [5.74, 6) is -2.75. The van der Waals surface area contributed by atoms with Gasteiger partial charge in [0.2, 0.25) is 0 Å². The van der Waals surface area contributed by atoms with Gasteiger partial charge in [-0.25, -0.2) is 22.8 Å². The minimum absolute atomic E-state index is 0.0278. The number of nitriles is 1. The van der Waals surface area contributed by atoms with Gasteiger partial charge in [0.25, 0.3) is 0 Å². The number of aliphatic hydroxyl groups is 1. The molecule has 0 saturated carbocycles. The molecule has 1 aliphatic rings. The monoisotopic (exact) mass is 498 g/mol. The molecule has 0 aliphatic carbocycles. The minimum Gasteiger partial charge on any atom is -0.383 e. The summed E-state index contributed by atoms with van der Waals surface area (Å²) in [6.45, 7) is 2.36. The third-order valence-electron chi connectivity index (χ3n) is 6.32. The van der Waals surface area contributed by atoms with Crippen molar-refractivity contribution in [2.75, 3.05) is 13.2 Å². The molecule has 2 atom stereocenters. The maximum Gasteiger partial charge on any atom is 0.177 e. The lowest BCUT2D eigenvalue weighted by atomic mass is 9.77. The van der Waals surface area contributed by atoms with Gasteiger partial charge in [0.05, 0.1) is 25.3 Å². The average Bonchev–Trinajstić information content (AvgIpc) is 3.36. The second kappa shape index (κ2) is 11.0. The summed E-state index contributed by atoms with van der Waals surface area (Å²) in [7, 11) is 0. The molecule has 10 heteroatoms. The van der Waals surface area contributed by atoms with Gasteiger partial charge in [-0.2, -0.15) is 10.4 Å². The van der Waals surface area contributed by atoms with E-state index in [1.54, 1.807) is 31.2 Å². The molecule has 1 N–H and O–H groups in total. The van der Waals surface area contributed by atoms with Crippen molar-refractivity contribution in [2.24, 2.45) is 11.8 Å². The maximum absolute atomic E-state index is 14.7. The molecule has 4 rings (SSSR count). The molecule has 1 saturated heterocycles. The van der Waals surface area contributed by atoms with Crippen LogP contribution < -0.4 is 0 Å². The fourth-order valence-corrected chi connectivity index (χ4v) is 4.32. The van der Waals surface area contributed by atoms with Crippen LogP contribution in [0.1, 0.15) is 30.0 Å². The molecule has 1 aliphatic heterocycles. The lowest BCUT2D eigenvalue weighted by molar-refractivity contribution is -0.180. The van der Waals surface area contributed by atoms with Crippen LogP contribution in [0, 0.1) is 40.6 Å². The zero-order valence-electron chi connectivity index (χ0n) is 19.5. The molecule has 0 bridgehead atoms. The molecule has 0 amide bonds. The summed E-state index contributed by atoms with van der Waals surface area (Å²) in [5.41, 5.74) is -1.19. The van der Waals surface area contributed by atoms with Gasteiger partial charge >= 0.3 is 0 Å². The number of hydrogen-bond acceptors (Lipinski definition) is 6. The van der Waals surface area contributed by atoms with Crippen LogP contribution in [0.4, 0.5) is 13.2 Å². The Hall–Kier alpha value is -3.52. The van der Waals surface area contributed by atoms with Crippen LogP contribution in [0.3, 0.4) is 0 Å². The maximum atomic E-state index is 14.7. The molecule has 188 valence electrons. The number of ether oxygens (including phenoxy) is 2. The van der Waals surface area contributed by atoms with E-state index in [2.05, 4.69) is 10.1 Å². The second-order valence-corrected chi connectivity index (χ2v) is 8.89. The first-order chi connectivity index (χ1) is 17.3. The Morgan fingerprint density at radius 1 is 1.19 bits per heavy atom. The Kier molecular flexibility index (Phi) is 7.84. The fourth-order valence-electron chi connectivity index (χ4n) is 4.32. The molecule has 36 heavy (non-hydrogen) atoms. The first kappa shape index (κ1) is 25.6. The highest BCUT2D eigenvalue weighted by molar-refractivity contribution is 5.51. The van der Waals surface area contributed by atoms with Gasteiger partial charge < -0.3 is 14.6 Å². The molecule has 3 aromatic rings. The van der Waals surface area contributed by atoms with Crippen molar-refractivity contribution in [3.63, 3.8) is 0 Å². The van der Waals surface area contributed by atoms with Crippen LogP contribution in [0.15, 0.2) is 55.1 Å². The number of benzene rings is 2. The highest BCUT2D eigenvalue weighted by atomic mass is 19.1. The first-order valence-corrected chi connectivity index (χ1v) is 11.4. The molecule has 2 aromatic carbocycles. The smallest absolute Gasteiger partial charge is 0.177 e. The molecule has 0 radical (unpaired) electrons. The molecule has 0 spiro atoms. The Bertz CT molecular complexity index is 1250. The van der Waals surface area contributed by atoms with Gasteiger partial charge in [-0.15, -0.1) is 0 Å². The molecule has 7 nitrogen and oxygen atoms in total. The number of rotatable bonds is 8. The molecule has 2 unspecified atom stereocenters. The Morgan fingerprint density at radius 2 is 1.97 bits per heavy atom. The van der Waals surface area contributed by atoms with Gasteiger partial charge in [-0.1, -0.05) is 25.1 Å². The van der Waals surface area contributed by atoms with Crippen molar-refractivity contribution in [2.45, 2.75) is 31.8 Å². The van der Waals surface area contributed by atoms with E-state index in [9.17, 15) is 18.3 Å². The lowest BCUT2D eigenvalue weighted by Crippen LogP contribution is -2.42.